The van der Waals surface area contributed by atoms with Gasteiger partial charge in [-0.1, -0.05) is 13.3 Å². The van der Waals surface area contributed by atoms with Gasteiger partial charge in [0.05, 0.1) is 0 Å². The first-order chi connectivity index (χ1) is 6.62. The third-order valence-electron chi connectivity index (χ3n) is 2.88. The number of aliphatic hydroxyl groups excluding tert-OH is 1. The molecular weight excluding hydrogens is 182 g/mol. The Labute approximate surface area is 84.4 Å². The predicted molar refractivity (Wildman–Crippen MR) is 52.7 cm³/mol. The van der Waals surface area contributed by atoms with E-state index in [0.717, 1.165) is 32.1 Å². The molecule has 0 heterocycles. The molecule has 1 fully saturated rings. The van der Waals surface area contributed by atoms with Gasteiger partial charge in [-0.2, -0.15) is 0 Å². The molecule has 0 aliphatic heterocycles. The Kier molecular flexibility index (Phi) is 3.75. The largest absolute Gasteiger partial charge is 0.443 e. The Bertz CT molecular complexity index is 194. The summed E-state index contributed by atoms with van der Waals surface area (Å²) in [4.78, 5) is 10.7. The molecule has 0 spiro atoms. The highest BCUT2D eigenvalue weighted by Gasteiger charge is 2.46. The summed E-state index contributed by atoms with van der Waals surface area (Å²) >= 11 is 0. The maximum absolute atomic E-state index is 10.7. The van der Waals surface area contributed by atoms with E-state index in [2.05, 4.69) is 6.92 Å². The zero-order valence-corrected chi connectivity index (χ0v) is 8.66. The van der Waals surface area contributed by atoms with Crippen molar-refractivity contribution in [2.75, 3.05) is 6.61 Å². The van der Waals surface area contributed by atoms with Gasteiger partial charge in [0.25, 0.3) is 0 Å². The fraction of sp³-hybridized carbons (Fsp3) is 0.900. The van der Waals surface area contributed by atoms with Crippen molar-refractivity contribution >= 4 is 6.09 Å². The Morgan fingerprint density at radius 1 is 1.64 bits per heavy atom. The highest BCUT2D eigenvalue weighted by Crippen LogP contribution is 2.44. The van der Waals surface area contributed by atoms with Crippen molar-refractivity contribution in [2.45, 2.75) is 44.6 Å². The van der Waals surface area contributed by atoms with Crippen LogP contribution in [0.3, 0.4) is 0 Å². The van der Waals surface area contributed by atoms with E-state index in [9.17, 15) is 4.79 Å². The summed E-state index contributed by atoms with van der Waals surface area (Å²) in [7, 11) is 0. The smallest absolute Gasteiger partial charge is 0.405 e. The van der Waals surface area contributed by atoms with Crippen molar-refractivity contribution in [1.82, 2.24) is 0 Å². The van der Waals surface area contributed by atoms with Gasteiger partial charge < -0.3 is 15.6 Å². The fourth-order valence-corrected chi connectivity index (χ4v) is 2.17. The maximum Gasteiger partial charge on any atom is 0.405 e. The van der Waals surface area contributed by atoms with E-state index in [1.54, 1.807) is 0 Å². The molecule has 0 bridgehead atoms. The Balaban J connectivity index is 2.42. The number of primary amides is 1. The first kappa shape index (κ1) is 11.3. The molecule has 1 amide bonds. The molecule has 1 rings (SSSR count). The number of hydrogen-bond donors (Lipinski definition) is 2. The molecule has 0 radical (unpaired) electrons. The Morgan fingerprint density at radius 3 is 2.71 bits per heavy atom. The average molecular weight is 201 g/mol. The van der Waals surface area contributed by atoms with E-state index < -0.39 is 6.09 Å². The van der Waals surface area contributed by atoms with E-state index in [4.69, 9.17) is 15.6 Å². The molecule has 1 saturated carbocycles. The molecule has 82 valence electrons. The second-order valence-corrected chi connectivity index (χ2v) is 4.16. The molecule has 0 aromatic rings. The van der Waals surface area contributed by atoms with Gasteiger partial charge in [-0.25, -0.2) is 4.79 Å². The molecule has 0 saturated heterocycles. The number of hydrogen-bond acceptors (Lipinski definition) is 3. The van der Waals surface area contributed by atoms with Crippen molar-refractivity contribution < 1.29 is 14.6 Å². The second-order valence-electron chi connectivity index (χ2n) is 4.16. The highest BCUT2D eigenvalue weighted by molar-refractivity contribution is 5.65. The number of nitrogens with two attached hydrogens (primary N) is 1. The first-order valence-electron chi connectivity index (χ1n) is 5.21. The highest BCUT2D eigenvalue weighted by atomic mass is 16.6. The number of rotatable bonds is 5. The number of unbranched alkanes of at least 4 members (excludes halogenated alkanes) is 1. The normalized spacial score (nSPS) is 30.9. The lowest BCUT2D eigenvalue weighted by Crippen LogP contribution is -2.49. The summed E-state index contributed by atoms with van der Waals surface area (Å²) < 4.78 is 5.14. The number of ether oxygens (including phenoxy) is 1. The fourth-order valence-electron chi connectivity index (χ4n) is 2.17. The van der Waals surface area contributed by atoms with E-state index in [0.29, 0.717) is 0 Å². The van der Waals surface area contributed by atoms with Gasteiger partial charge in [0.1, 0.15) is 5.60 Å². The minimum absolute atomic E-state index is 0.177. The van der Waals surface area contributed by atoms with E-state index >= 15 is 0 Å². The van der Waals surface area contributed by atoms with E-state index in [1.165, 1.54) is 0 Å². The van der Waals surface area contributed by atoms with Crippen molar-refractivity contribution in [3.05, 3.63) is 0 Å². The molecule has 14 heavy (non-hydrogen) atoms. The van der Waals surface area contributed by atoms with Crippen LogP contribution < -0.4 is 5.73 Å². The van der Waals surface area contributed by atoms with Crippen LogP contribution in [0.1, 0.15) is 39.0 Å². The van der Waals surface area contributed by atoms with Crippen molar-refractivity contribution in [3.63, 3.8) is 0 Å². The van der Waals surface area contributed by atoms with E-state index in [1.807, 2.05) is 0 Å². The van der Waals surface area contributed by atoms with Crippen LogP contribution in [0.2, 0.25) is 0 Å². The summed E-state index contributed by atoms with van der Waals surface area (Å²) in [5, 5.41) is 8.91. The zero-order chi connectivity index (χ0) is 10.6. The standard InChI is InChI=1S/C10H19NO3/c1-2-3-4-10(14-9(11)13)5-8(6-10)7-12/h8,12H,2-7H2,1H3,(H2,11,13). The summed E-state index contributed by atoms with van der Waals surface area (Å²) in [5.74, 6) is 0.284. The topological polar surface area (TPSA) is 72.5 Å². The summed E-state index contributed by atoms with van der Waals surface area (Å²) in [6.07, 6.45) is 3.79. The van der Waals surface area contributed by atoms with Gasteiger partial charge in [0.15, 0.2) is 0 Å². The van der Waals surface area contributed by atoms with Crippen LogP contribution in [-0.2, 0) is 4.74 Å². The van der Waals surface area contributed by atoms with Crippen LogP contribution in [-0.4, -0.2) is 23.4 Å². The molecule has 0 aromatic carbocycles. The van der Waals surface area contributed by atoms with Crippen molar-refractivity contribution in [2.24, 2.45) is 11.7 Å². The zero-order valence-electron chi connectivity index (χ0n) is 8.66. The maximum atomic E-state index is 10.7. The van der Waals surface area contributed by atoms with Gasteiger partial charge in [-0.15, -0.1) is 0 Å². The van der Waals surface area contributed by atoms with Gasteiger partial charge in [-0.3, -0.25) is 0 Å². The van der Waals surface area contributed by atoms with Gasteiger partial charge >= 0.3 is 6.09 Å². The number of carbonyl (C=O) groups excluding carboxylic acids is 1. The third-order valence-corrected chi connectivity index (χ3v) is 2.88. The monoisotopic (exact) mass is 201 g/mol. The molecule has 4 nitrogen and oxygen atoms in total. The van der Waals surface area contributed by atoms with Gasteiger partial charge in [-0.05, 0) is 31.6 Å². The second kappa shape index (κ2) is 4.64. The van der Waals surface area contributed by atoms with Crippen LogP contribution in [0.15, 0.2) is 0 Å². The summed E-state index contributed by atoms with van der Waals surface area (Å²) in [6, 6.07) is 0. The molecule has 1 aliphatic rings. The van der Waals surface area contributed by atoms with Gasteiger partial charge in [0, 0.05) is 6.61 Å². The minimum Gasteiger partial charge on any atom is -0.443 e. The first-order valence-corrected chi connectivity index (χ1v) is 5.21. The molecule has 1 aliphatic carbocycles. The molecule has 3 N–H and O–H groups in total. The van der Waals surface area contributed by atoms with Crippen LogP contribution >= 0.6 is 0 Å². The SMILES string of the molecule is CCCCC1(OC(N)=O)CC(CO)C1. The van der Waals surface area contributed by atoms with Gasteiger partial charge in [0.2, 0.25) is 0 Å². The Morgan fingerprint density at radius 2 is 2.29 bits per heavy atom. The average Bonchev–Trinajstić information content (AvgIpc) is 2.07. The van der Waals surface area contributed by atoms with Crippen molar-refractivity contribution in [3.8, 4) is 0 Å². The third kappa shape index (κ3) is 2.61. The van der Waals surface area contributed by atoms with Crippen LogP contribution in [0.5, 0.6) is 0 Å². The number of amides is 1. The molecule has 0 unspecified atom stereocenters. The summed E-state index contributed by atoms with van der Waals surface area (Å²) in [5.41, 5.74) is 4.66. The number of carbonyl (C=O) groups is 1. The molecule has 4 heteroatoms. The molecular formula is C10H19NO3. The molecule has 0 aromatic heterocycles. The summed E-state index contributed by atoms with van der Waals surface area (Å²) in [6.45, 7) is 2.27. The lowest BCUT2D eigenvalue weighted by Gasteiger charge is -2.45. The molecule has 0 atom stereocenters. The lowest BCUT2D eigenvalue weighted by molar-refractivity contribution is -0.0970. The van der Waals surface area contributed by atoms with Crippen LogP contribution in [0.25, 0.3) is 0 Å². The van der Waals surface area contributed by atoms with Crippen molar-refractivity contribution in [1.29, 1.82) is 0 Å². The predicted octanol–water partition coefficient (Wildman–Crippen LogP) is 1.41. The van der Waals surface area contributed by atoms with E-state index in [-0.39, 0.29) is 18.1 Å². The quantitative estimate of drug-likeness (QED) is 0.706. The minimum atomic E-state index is -0.697. The van der Waals surface area contributed by atoms with Crippen LogP contribution in [0.4, 0.5) is 4.79 Å². The Hall–Kier alpha value is -0.770. The van der Waals surface area contributed by atoms with Crippen LogP contribution in [0, 0.1) is 5.92 Å². The number of aliphatic hydroxyl groups is 1. The lowest BCUT2D eigenvalue weighted by atomic mass is 9.68.